The Morgan fingerprint density at radius 2 is 1.96 bits per heavy atom. The molecule has 0 aliphatic carbocycles. The topological polar surface area (TPSA) is 66.0 Å². The van der Waals surface area contributed by atoms with Gasteiger partial charge in [-0.1, -0.05) is 6.07 Å². The molecule has 0 radical (unpaired) electrons. The summed E-state index contributed by atoms with van der Waals surface area (Å²) in [5.41, 5.74) is 1.85. The maximum absolute atomic E-state index is 12.0. The summed E-state index contributed by atoms with van der Waals surface area (Å²) in [6.45, 7) is 0.727. The van der Waals surface area contributed by atoms with E-state index in [1.54, 1.807) is 20.3 Å². The molecular weight excluding hydrogens is 334 g/mol. The first-order valence-corrected chi connectivity index (χ1v) is 8.26. The number of carbonyl (C=O) groups excluding carboxylic acids is 1. The fraction of sp³-hybridized carbons (Fsp3) is 0.250. The Bertz CT molecular complexity index is 816. The van der Waals surface area contributed by atoms with Crippen molar-refractivity contribution in [2.75, 3.05) is 27.6 Å². The number of hydrogen-bond donors (Lipinski definition) is 1. The Hall–Kier alpha value is -3.15. The molecule has 0 unspecified atom stereocenters. The van der Waals surface area contributed by atoms with Gasteiger partial charge in [-0.3, -0.25) is 4.79 Å². The molecule has 136 valence electrons. The number of carbonyl (C=O) groups is 1. The molecule has 1 aliphatic rings. The molecule has 0 fully saturated rings. The zero-order valence-electron chi connectivity index (χ0n) is 14.8. The summed E-state index contributed by atoms with van der Waals surface area (Å²) in [6.07, 6.45) is 3.88. The molecule has 2 aromatic carbocycles. The van der Waals surface area contributed by atoms with Gasteiger partial charge in [-0.2, -0.15) is 0 Å². The Balaban J connectivity index is 1.53. The standard InChI is InChI=1S/C20H21NO5/c1-23-16-5-7-17(24-2)15(12-16)9-10-21-20(22)8-4-14-3-6-18-19(11-14)26-13-25-18/h3-8,11-12H,9-10,13H2,1-2H3,(H,21,22)/b8-4+. The largest absolute Gasteiger partial charge is 0.497 e. The summed E-state index contributed by atoms with van der Waals surface area (Å²) >= 11 is 0. The fourth-order valence-electron chi connectivity index (χ4n) is 2.65. The lowest BCUT2D eigenvalue weighted by atomic mass is 10.1. The van der Waals surface area contributed by atoms with Crippen LogP contribution in [0.2, 0.25) is 0 Å². The SMILES string of the molecule is COc1ccc(OC)c(CCNC(=O)/C=C/c2ccc3c(c2)OCO3)c1. The number of fused-ring (bicyclic) bond motifs is 1. The zero-order valence-corrected chi connectivity index (χ0v) is 14.8. The minimum Gasteiger partial charge on any atom is -0.497 e. The van der Waals surface area contributed by atoms with Gasteiger partial charge >= 0.3 is 0 Å². The molecule has 2 aromatic rings. The minimum atomic E-state index is -0.162. The number of methoxy groups -OCH3 is 2. The van der Waals surface area contributed by atoms with E-state index in [2.05, 4.69) is 5.32 Å². The summed E-state index contributed by atoms with van der Waals surface area (Å²) in [5.74, 6) is 2.78. The number of hydrogen-bond acceptors (Lipinski definition) is 5. The predicted octanol–water partition coefficient (Wildman–Crippen LogP) is 2.80. The molecule has 0 saturated heterocycles. The second-order valence-electron chi connectivity index (χ2n) is 5.66. The molecule has 0 bridgehead atoms. The molecule has 0 atom stereocenters. The lowest BCUT2D eigenvalue weighted by molar-refractivity contribution is -0.116. The molecule has 0 spiro atoms. The van der Waals surface area contributed by atoms with Gasteiger partial charge in [-0.05, 0) is 54.0 Å². The van der Waals surface area contributed by atoms with Crippen molar-refractivity contribution < 1.29 is 23.7 Å². The number of benzene rings is 2. The summed E-state index contributed by atoms with van der Waals surface area (Å²) in [7, 11) is 3.24. The van der Waals surface area contributed by atoms with E-state index < -0.39 is 0 Å². The van der Waals surface area contributed by atoms with E-state index in [-0.39, 0.29) is 12.7 Å². The van der Waals surface area contributed by atoms with Crippen LogP contribution in [0.1, 0.15) is 11.1 Å². The van der Waals surface area contributed by atoms with Crippen LogP contribution in [-0.4, -0.2) is 33.5 Å². The highest BCUT2D eigenvalue weighted by Crippen LogP contribution is 2.32. The molecule has 1 heterocycles. The van der Waals surface area contributed by atoms with Crippen LogP contribution in [0, 0.1) is 0 Å². The van der Waals surface area contributed by atoms with Crippen molar-refractivity contribution in [3.8, 4) is 23.0 Å². The van der Waals surface area contributed by atoms with Gasteiger partial charge in [0.25, 0.3) is 0 Å². The Morgan fingerprint density at radius 3 is 2.77 bits per heavy atom. The zero-order chi connectivity index (χ0) is 18.4. The Kier molecular flexibility index (Phi) is 5.63. The normalized spacial score (nSPS) is 12.2. The highest BCUT2D eigenvalue weighted by atomic mass is 16.7. The molecular formula is C20H21NO5. The second kappa shape index (κ2) is 8.29. The van der Waals surface area contributed by atoms with Crippen molar-refractivity contribution in [3.63, 3.8) is 0 Å². The van der Waals surface area contributed by atoms with Crippen molar-refractivity contribution in [1.29, 1.82) is 0 Å². The van der Waals surface area contributed by atoms with E-state index in [1.165, 1.54) is 6.08 Å². The van der Waals surface area contributed by atoms with E-state index >= 15 is 0 Å². The first-order valence-electron chi connectivity index (χ1n) is 8.26. The van der Waals surface area contributed by atoms with Gasteiger partial charge in [0.1, 0.15) is 11.5 Å². The summed E-state index contributed by atoms with van der Waals surface area (Å²) in [5, 5.41) is 2.86. The van der Waals surface area contributed by atoms with E-state index in [0.717, 1.165) is 28.4 Å². The molecule has 6 heteroatoms. The first-order chi connectivity index (χ1) is 12.7. The molecule has 26 heavy (non-hydrogen) atoms. The van der Waals surface area contributed by atoms with E-state index in [9.17, 15) is 4.79 Å². The van der Waals surface area contributed by atoms with Gasteiger partial charge in [0.2, 0.25) is 12.7 Å². The van der Waals surface area contributed by atoms with Gasteiger partial charge in [-0.25, -0.2) is 0 Å². The van der Waals surface area contributed by atoms with Crippen molar-refractivity contribution in [3.05, 3.63) is 53.6 Å². The maximum atomic E-state index is 12.0. The summed E-state index contributed by atoms with van der Waals surface area (Å²) < 4.78 is 21.2. The van der Waals surface area contributed by atoms with Gasteiger partial charge in [0, 0.05) is 12.6 Å². The third-order valence-electron chi connectivity index (χ3n) is 4.00. The molecule has 0 saturated carbocycles. The van der Waals surface area contributed by atoms with E-state index in [1.807, 2.05) is 36.4 Å². The third kappa shape index (κ3) is 4.27. The Morgan fingerprint density at radius 1 is 1.12 bits per heavy atom. The first kappa shape index (κ1) is 17.7. The lowest BCUT2D eigenvalue weighted by Gasteiger charge is -2.10. The van der Waals surface area contributed by atoms with Crippen LogP contribution in [0.5, 0.6) is 23.0 Å². The number of rotatable bonds is 7. The van der Waals surface area contributed by atoms with Gasteiger partial charge in [0.05, 0.1) is 14.2 Å². The second-order valence-corrected chi connectivity index (χ2v) is 5.66. The van der Waals surface area contributed by atoms with Crippen molar-refractivity contribution >= 4 is 12.0 Å². The van der Waals surface area contributed by atoms with Crippen LogP contribution in [0.4, 0.5) is 0 Å². The van der Waals surface area contributed by atoms with Gasteiger partial charge in [-0.15, -0.1) is 0 Å². The molecule has 1 amide bonds. The minimum absolute atomic E-state index is 0.162. The van der Waals surface area contributed by atoms with Crippen LogP contribution in [0.25, 0.3) is 6.08 Å². The summed E-state index contributed by atoms with van der Waals surface area (Å²) in [6, 6.07) is 11.2. The van der Waals surface area contributed by atoms with E-state index in [0.29, 0.717) is 18.7 Å². The van der Waals surface area contributed by atoms with Crippen LogP contribution < -0.4 is 24.3 Å². The molecule has 1 aliphatic heterocycles. The highest BCUT2D eigenvalue weighted by molar-refractivity contribution is 5.91. The third-order valence-corrected chi connectivity index (χ3v) is 4.00. The summed E-state index contributed by atoms with van der Waals surface area (Å²) in [4.78, 5) is 12.0. The van der Waals surface area contributed by atoms with Gasteiger partial charge in [0.15, 0.2) is 11.5 Å². The monoisotopic (exact) mass is 355 g/mol. The quantitative estimate of drug-likeness (QED) is 0.774. The number of nitrogens with one attached hydrogen (secondary N) is 1. The van der Waals surface area contributed by atoms with Crippen LogP contribution >= 0.6 is 0 Å². The van der Waals surface area contributed by atoms with Crippen LogP contribution in [0.3, 0.4) is 0 Å². The Labute approximate surface area is 152 Å². The molecule has 6 nitrogen and oxygen atoms in total. The van der Waals surface area contributed by atoms with Crippen molar-refractivity contribution in [2.24, 2.45) is 0 Å². The van der Waals surface area contributed by atoms with Crippen molar-refractivity contribution in [1.82, 2.24) is 5.32 Å². The number of ether oxygens (including phenoxy) is 4. The van der Waals surface area contributed by atoms with Crippen LogP contribution in [-0.2, 0) is 11.2 Å². The number of amides is 1. The van der Waals surface area contributed by atoms with Crippen LogP contribution in [0.15, 0.2) is 42.5 Å². The fourth-order valence-corrected chi connectivity index (χ4v) is 2.65. The van der Waals surface area contributed by atoms with Crippen molar-refractivity contribution in [2.45, 2.75) is 6.42 Å². The average Bonchev–Trinajstić information content (AvgIpc) is 3.14. The maximum Gasteiger partial charge on any atom is 0.244 e. The van der Waals surface area contributed by atoms with Gasteiger partial charge < -0.3 is 24.3 Å². The predicted molar refractivity (Wildman–Crippen MR) is 97.9 cm³/mol. The molecule has 1 N–H and O–H groups in total. The molecule has 0 aromatic heterocycles. The van der Waals surface area contributed by atoms with E-state index in [4.69, 9.17) is 18.9 Å². The smallest absolute Gasteiger partial charge is 0.244 e. The lowest BCUT2D eigenvalue weighted by Crippen LogP contribution is -2.23. The average molecular weight is 355 g/mol. The highest BCUT2D eigenvalue weighted by Gasteiger charge is 2.12. The molecule has 3 rings (SSSR count).